The lowest BCUT2D eigenvalue weighted by Gasteiger charge is -2.21. The predicted molar refractivity (Wildman–Crippen MR) is 77.0 cm³/mol. The summed E-state index contributed by atoms with van der Waals surface area (Å²) in [5.41, 5.74) is 0.703. The molecule has 24 heavy (non-hydrogen) atoms. The molecule has 1 amide bonds. The van der Waals surface area contributed by atoms with Crippen molar-refractivity contribution in [1.29, 1.82) is 0 Å². The van der Waals surface area contributed by atoms with E-state index in [9.17, 15) is 13.6 Å². The van der Waals surface area contributed by atoms with Gasteiger partial charge in [0.2, 0.25) is 11.8 Å². The second-order valence-corrected chi connectivity index (χ2v) is 5.61. The number of hydrogen-bond donors (Lipinski definition) is 0. The number of hydrogen-bond acceptors (Lipinski definition) is 6. The average molecular weight is 338 g/mol. The monoisotopic (exact) mass is 338 g/mol. The van der Waals surface area contributed by atoms with Gasteiger partial charge in [0.15, 0.2) is 5.82 Å². The highest BCUT2D eigenvalue weighted by Crippen LogP contribution is 2.40. The van der Waals surface area contributed by atoms with E-state index in [4.69, 9.17) is 9.26 Å². The molecule has 9 heteroatoms. The zero-order valence-electron chi connectivity index (χ0n) is 13.0. The van der Waals surface area contributed by atoms with Crippen LogP contribution in [0.5, 0.6) is 0 Å². The first-order valence-electron chi connectivity index (χ1n) is 7.36. The van der Waals surface area contributed by atoms with Crippen molar-refractivity contribution in [3.8, 4) is 0 Å². The summed E-state index contributed by atoms with van der Waals surface area (Å²) in [5.74, 6) is -3.16. The molecule has 0 saturated carbocycles. The lowest BCUT2D eigenvalue weighted by Crippen LogP contribution is -2.34. The molecular formula is C15H16F2N4O3. The van der Waals surface area contributed by atoms with Crippen LogP contribution < -0.4 is 0 Å². The van der Waals surface area contributed by atoms with E-state index in [1.165, 1.54) is 7.11 Å². The van der Waals surface area contributed by atoms with Crippen molar-refractivity contribution in [2.45, 2.75) is 31.4 Å². The van der Waals surface area contributed by atoms with Gasteiger partial charge >= 0.3 is 0 Å². The Kier molecular flexibility index (Phi) is 4.52. The molecule has 2 aromatic heterocycles. The number of methoxy groups -OCH3 is 1. The Labute approximate surface area is 136 Å². The molecule has 1 saturated heterocycles. The number of carbonyl (C=O) groups is 1. The van der Waals surface area contributed by atoms with Crippen LogP contribution in [-0.2, 0) is 22.6 Å². The molecule has 0 aliphatic carbocycles. The number of pyridine rings is 1. The molecule has 128 valence electrons. The summed E-state index contributed by atoms with van der Waals surface area (Å²) in [6, 6.07) is 2.40. The van der Waals surface area contributed by atoms with Gasteiger partial charge < -0.3 is 14.2 Å². The predicted octanol–water partition coefficient (Wildman–Crippen LogP) is 1.76. The maximum Gasteiger partial charge on any atom is 0.267 e. The van der Waals surface area contributed by atoms with Crippen LogP contribution in [-0.4, -0.2) is 45.5 Å². The SMILES string of the molecule is COCc1noc([C@@H]2CC(F)(F)CN2C(=O)Cc2ccncc2)n1. The maximum atomic E-state index is 13.9. The van der Waals surface area contributed by atoms with Gasteiger partial charge in [0.25, 0.3) is 5.92 Å². The maximum absolute atomic E-state index is 13.9. The van der Waals surface area contributed by atoms with Gasteiger partial charge in [-0.25, -0.2) is 8.78 Å². The van der Waals surface area contributed by atoms with Crippen molar-refractivity contribution in [3.63, 3.8) is 0 Å². The fourth-order valence-electron chi connectivity index (χ4n) is 2.67. The van der Waals surface area contributed by atoms with E-state index in [2.05, 4.69) is 15.1 Å². The Hall–Kier alpha value is -2.42. The minimum Gasteiger partial charge on any atom is -0.377 e. The van der Waals surface area contributed by atoms with E-state index in [0.717, 1.165) is 4.90 Å². The molecule has 1 aliphatic heterocycles. The summed E-state index contributed by atoms with van der Waals surface area (Å²) in [6.07, 6.45) is 2.57. The molecule has 0 unspecified atom stereocenters. The van der Waals surface area contributed by atoms with Crippen molar-refractivity contribution in [3.05, 3.63) is 41.8 Å². The van der Waals surface area contributed by atoms with E-state index >= 15 is 0 Å². The molecule has 1 atom stereocenters. The quantitative estimate of drug-likeness (QED) is 0.826. The van der Waals surface area contributed by atoms with Crippen molar-refractivity contribution in [1.82, 2.24) is 20.0 Å². The van der Waals surface area contributed by atoms with Crippen LogP contribution >= 0.6 is 0 Å². The van der Waals surface area contributed by atoms with Gasteiger partial charge in [0, 0.05) is 25.9 Å². The first-order valence-corrected chi connectivity index (χ1v) is 7.36. The lowest BCUT2D eigenvalue weighted by molar-refractivity contribution is -0.133. The second-order valence-electron chi connectivity index (χ2n) is 5.61. The average Bonchev–Trinajstić information content (AvgIpc) is 3.12. The summed E-state index contributed by atoms with van der Waals surface area (Å²) in [5, 5.41) is 3.67. The van der Waals surface area contributed by atoms with Crippen molar-refractivity contribution in [2.75, 3.05) is 13.7 Å². The van der Waals surface area contributed by atoms with Crippen LogP contribution in [0.15, 0.2) is 29.0 Å². The Morgan fingerprint density at radius 2 is 2.21 bits per heavy atom. The summed E-state index contributed by atoms with van der Waals surface area (Å²) in [7, 11) is 1.46. The highest BCUT2D eigenvalue weighted by molar-refractivity contribution is 5.79. The summed E-state index contributed by atoms with van der Waals surface area (Å²) >= 11 is 0. The van der Waals surface area contributed by atoms with Crippen molar-refractivity contribution >= 4 is 5.91 Å². The van der Waals surface area contributed by atoms with Gasteiger partial charge in [-0.2, -0.15) is 4.98 Å². The molecular weight excluding hydrogens is 322 g/mol. The number of amides is 1. The first-order chi connectivity index (χ1) is 11.5. The molecule has 0 spiro atoms. The van der Waals surface area contributed by atoms with Gasteiger partial charge in [0.1, 0.15) is 12.6 Å². The third-order valence-corrected chi connectivity index (χ3v) is 3.74. The summed E-state index contributed by atoms with van der Waals surface area (Å²) in [6.45, 7) is -0.554. The van der Waals surface area contributed by atoms with Gasteiger partial charge in [0.05, 0.1) is 13.0 Å². The minimum absolute atomic E-state index is 0.00213. The molecule has 0 N–H and O–H groups in total. The van der Waals surface area contributed by atoms with Gasteiger partial charge in [-0.3, -0.25) is 9.78 Å². The molecule has 0 aromatic carbocycles. The topological polar surface area (TPSA) is 81.4 Å². The van der Waals surface area contributed by atoms with Crippen molar-refractivity contribution < 1.29 is 22.8 Å². The summed E-state index contributed by atoms with van der Waals surface area (Å²) in [4.78, 5) is 21.5. The molecule has 1 fully saturated rings. The van der Waals surface area contributed by atoms with Gasteiger partial charge in [-0.05, 0) is 17.7 Å². The largest absolute Gasteiger partial charge is 0.377 e. The van der Waals surface area contributed by atoms with Crippen LogP contribution in [0, 0.1) is 0 Å². The van der Waals surface area contributed by atoms with E-state index in [0.29, 0.717) is 5.56 Å². The summed E-state index contributed by atoms with van der Waals surface area (Å²) < 4.78 is 37.7. The van der Waals surface area contributed by atoms with E-state index in [1.54, 1.807) is 24.5 Å². The Morgan fingerprint density at radius 3 is 2.92 bits per heavy atom. The van der Waals surface area contributed by atoms with Crippen LogP contribution in [0.25, 0.3) is 0 Å². The molecule has 0 bridgehead atoms. The van der Waals surface area contributed by atoms with E-state index in [-0.39, 0.29) is 24.7 Å². The molecule has 3 heterocycles. The van der Waals surface area contributed by atoms with Crippen LogP contribution in [0.3, 0.4) is 0 Å². The number of likely N-dealkylation sites (tertiary alicyclic amines) is 1. The fourth-order valence-corrected chi connectivity index (χ4v) is 2.67. The van der Waals surface area contributed by atoms with Crippen LogP contribution in [0.2, 0.25) is 0 Å². The number of halogens is 2. The van der Waals surface area contributed by atoms with Gasteiger partial charge in [-0.15, -0.1) is 0 Å². The van der Waals surface area contributed by atoms with Crippen molar-refractivity contribution in [2.24, 2.45) is 0 Å². The Balaban J connectivity index is 1.79. The molecule has 2 aromatic rings. The van der Waals surface area contributed by atoms with Crippen LogP contribution in [0.4, 0.5) is 8.78 Å². The smallest absolute Gasteiger partial charge is 0.267 e. The van der Waals surface area contributed by atoms with Crippen LogP contribution in [0.1, 0.15) is 29.7 Å². The van der Waals surface area contributed by atoms with Gasteiger partial charge in [-0.1, -0.05) is 5.16 Å². The first kappa shape index (κ1) is 16.4. The minimum atomic E-state index is -2.99. The normalized spacial score (nSPS) is 19.6. The highest BCUT2D eigenvalue weighted by Gasteiger charge is 2.49. The molecule has 7 nitrogen and oxygen atoms in total. The number of nitrogens with zero attached hydrogens (tertiary/aromatic N) is 4. The highest BCUT2D eigenvalue weighted by atomic mass is 19.3. The lowest BCUT2D eigenvalue weighted by atomic mass is 10.1. The molecule has 3 rings (SSSR count). The number of alkyl halides is 2. The Morgan fingerprint density at radius 1 is 1.46 bits per heavy atom. The number of aromatic nitrogens is 3. The third-order valence-electron chi connectivity index (χ3n) is 3.74. The Bertz CT molecular complexity index is 708. The van der Waals surface area contributed by atoms with E-state index in [1.807, 2.05) is 0 Å². The fraction of sp³-hybridized carbons (Fsp3) is 0.467. The second kappa shape index (κ2) is 6.60. The zero-order chi connectivity index (χ0) is 17.2. The molecule has 0 radical (unpaired) electrons. The third kappa shape index (κ3) is 3.56. The standard InChI is InChI=1S/C15H16F2N4O3/c1-23-8-12-19-14(24-20-12)11-7-15(16,17)9-21(11)13(22)6-10-2-4-18-5-3-10/h2-5,11H,6-9H2,1H3/t11-/m0/s1. The number of ether oxygens (including phenoxy) is 1. The van der Waals surface area contributed by atoms with E-state index < -0.39 is 30.8 Å². The number of carbonyl (C=O) groups excluding carboxylic acids is 1. The zero-order valence-corrected chi connectivity index (χ0v) is 13.0. The molecule has 1 aliphatic rings. The number of rotatable bonds is 5.